The van der Waals surface area contributed by atoms with Crippen LogP contribution in [0.4, 0.5) is 0 Å². The predicted octanol–water partition coefficient (Wildman–Crippen LogP) is 3.94. The number of carbonyl (C=O) groups is 1. The van der Waals surface area contributed by atoms with Gasteiger partial charge in [0.1, 0.15) is 16.9 Å². The number of halogens is 1. The zero-order chi connectivity index (χ0) is 18.3. The third-order valence-electron chi connectivity index (χ3n) is 4.29. The van der Waals surface area contributed by atoms with E-state index >= 15 is 0 Å². The number of hydrogen-bond acceptors (Lipinski definition) is 5. The predicted molar refractivity (Wildman–Crippen MR) is 98.4 cm³/mol. The van der Waals surface area contributed by atoms with Gasteiger partial charge in [0, 0.05) is 17.9 Å². The molecule has 0 aliphatic carbocycles. The number of methoxy groups -OCH3 is 1. The number of hydrogen-bond donors (Lipinski definition) is 1. The third-order valence-corrected chi connectivity index (χ3v) is 4.59. The molecule has 26 heavy (non-hydrogen) atoms. The van der Waals surface area contributed by atoms with Gasteiger partial charge in [-0.15, -0.1) is 0 Å². The molecule has 1 atom stereocenters. The molecule has 1 unspecified atom stereocenters. The maximum absolute atomic E-state index is 12.1. The van der Waals surface area contributed by atoms with E-state index in [0.717, 1.165) is 22.2 Å². The second-order valence-electron chi connectivity index (χ2n) is 5.93. The summed E-state index contributed by atoms with van der Waals surface area (Å²) in [6.07, 6.45) is 3.48. The van der Waals surface area contributed by atoms with Gasteiger partial charge in [-0.1, -0.05) is 11.6 Å². The number of rotatable bonds is 3. The molecule has 0 fully saturated rings. The van der Waals surface area contributed by atoms with Crippen LogP contribution >= 0.6 is 11.6 Å². The minimum atomic E-state index is -0.400. The van der Waals surface area contributed by atoms with E-state index in [-0.39, 0.29) is 5.91 Å². The summed E-state index contributed by atoms with van der Waals surface area (Å²) in [5.74, 6) is 1.23. The van der Waals surface area contributed by atoms with Crippen molar-refractivity contribution in [3.63, 3.8) is 0 Å². The van der Waals surface area contributed by atoms with Crippen molar-refractivity contribution in [2.45, 2.75) is 13.0 Å². The highest BCUT2D eigenvalue weighted by atomic mass is 35.5. The Morgan fingerprint density at radius 2 is 2.19 bits per heavy atom. The molecule has 0 radical (unpaired) electrons. The van der Waals surface area contributed by atoms with E-state index in [1.54, 1.807) is 19.4 Å². The van der Waals surface area contributed by atoms with Gasteiger partial charge >= 0.3 is 0 Å². The molecule has 2 aromatic heterocycles. The number of nitrogens with one attached hydrogen (secondary N) is 1. The number of fused-ring (bicyclic) bond motifs is 1. The van der Waals surface area contributed by atoms with E-state index < -0.39 is 6.04 Å². The van der Waals surface area contributed by atoms with Gasteiger partial charge in [-0.3, -0.25) is 10.2 Å². The number of aromatic nitrogens is 1. The minimum absolute atomic E-state index is 0.144. The number of carbonyl (C=O) groups excluding carboxylic acids is 1. The Kier molecular flexibility index (Phi) is 4.05. The van der Waals surface area contributed by atoms with Crippen LogP contribution in [-0.4, -0.2) is 23.0 Å². The molecule has 0 saturated heterocycles. The summed E-state index contributed by atoms with van der Waals surface area (Å²) in [5.41, 5.74) is 5.26. The second-order valence-corrected chi connectivity index (χ2v) is 6.29. The Hall–Kier alpha value is -2.99. The molecule has 7 heteroatoms. The van der Waals surface area contributed by atoms with E-state index in [9.17, 15) is 4.79 Å². The molecule has 1 amide bonds. The molecule has 4 rings (SSSR count). The molecule has 1 aromatic carbocycles. The Morgan fingerprint density at radius 1 is 1.35 bits per heavy atom. The van der Waals surface area contributed by atoms with Crippen molar-refractivity contribution in [1.29, 1.82) is 0 Å². The largest absolute Gasteiger partial charge is 0.497 e. The Bertz CT molecular complexity index is 1010. The second kappa shape index (κ2) is 6.38. The molecule has 0 spiro atoms. The van der Waals surface area contributed by atoms with Crippen molar-refractivity contribution in [1.82, 2.24) is 15.4 Å². The summed E-state index contributed by atoms with van der Waals surface area (Å²) in [6, 6.07) is 10.7. The lowest BCUT2D eigenvalue weighted by molar-refractivity contribution is -0.132. The first-order valence-electron chi connectivity index (χ1n) is 8.03. The molecule has 132 valence electrons. The van der Waals surface area contributed by atoms with E-state index in [1.807, 2.05) is 36.4 Å². The smallest absolute Gasteiger partial charge is 0.238 e. The number of hydrazine groups is 1. The number of nitrogens with zero attached hydrogens (tertiary/aromatic N) is 2. The standard InChI is InChI=1S/C19H16ClN3O3/c1-11(24)23-17(10-16(22-23)18-4-3-7-26-18)14-9-12-8-13(25-2)5-6-15(12)21-19(14)20/h3-10,17,22H,1-2H3. The van der Waals surface area contributed by atoms with Crippen molar-refractivity contribution in [3.05, 3.63) is 65.2 Å². The number of amides is 1. The summed E-state index contributed by atoms with van der Waals surface area (Å²) in [4.78, 5) is 16.6. The summed E-state index contributed by atoms with van der Waals surface area (Å²) in [5, 5.41) is 2.73. The van der Waals surface area contributed by atoms with E-state index in [4.69, 9.17) is 20.8 Å². The molecular formula is C19H16ClN3O3. The van der Waals surface area contributed by atoms with E-state index in [1.165, 1.54) is 11.9 Å². The first-order valence-corrected chi connectivity index (χ1v) is 8.41. The molecule has 6 nitrogen and oxygen atoms in total. The fourth-order valence-electron chi connectivity index (χ4n) is 3.02. The average molecular weight is 370 g/mol. The molecule has 0 bridgehead atoms. The highest BCUT2D eigenvalue weighted by Crippen LogP contribution is 2.36. The van der Waals surface area contributed by atoms with Gasteiger partial charge in [0.15, 0.2) is 5.76 Å². The lowest BCUT2D eigenvalue weighted by Gasteiger charge is -2.24. The molecular weight excluding hydrogens is 354 g/mol. The monoisotopic (exact) mass is 369 g/mol. The Labute approximate surface area is 155 Å². The molecule has 1 aliphatic rings. The number of ether oxygens (including phenoxy) is 1. The summed E-state index contributed by atoms with van der Waals surface area (Å²) >= 11 is 6.44. The number of furan rings is 1. The van der Waals surface area contributed by atoms with Crippen molar-refractivity contribution < 1.29 is 13.9 Å². The van der Waals surface area contributed by atoms with Gasteiger partial charge in [-0.05, 0) is 42.5 Å². The summed E-state index contributed by atoms with van der Waals surface area (Å²) in [6.45, 7) is 1.49. The zero-order valence-electron chi connectivity index (χ0n) is 14.2. The van der Waals surface area contributed by atoms with Crippen LogP contribution in [0, 0.1) is 0 Å². The molecule has 3 heterocycles. The van der Waals surface area contributed by atoms with E-state index in [2.05, 4.69) is 10.4 Å². The topological polar surface area (TPSA) is 67.6 Å². The Balaban J connectivity index is 1.83. The number of benzene rings is 1. The van der Waals surface area contributed by atoms with Crippen LogP contribution in [0.25, 0.3) is 16.6 Å². The fraction of sp³-hybridized carbons (Fsp3) is 0.158. The minimum Gasteiger partial charge on any atom is -0.497 e. The van der Waals surface area contributed by atoms with E-state index in [0.29, 0.717) is 16.6 Å². The van der Waals surface area contributed by atoms with Crippen molar-refractivity contribution in [3.8, 4) is 5.75 Å². The molecule has 3 aromatic rings. The third kappa shape index (κ3) is 2.78. The van der Waals surface area contributed by atoms with Crippen LogP contribution in [-0.2, 0) is 4.79 Å². The molecule has 0 saturated carbocycles. The Morgan fingerprint density at radius 3 is 2.88 bits per heavy atom. The summed E-state index contributed by atoms with van der Waals surface area (Å²) in [7, 11) is 1.61. The molecule has 1 N–H and O–H groups in total. The summed E-state index contributed by atoms with van der Waals surface area (Å²) < 4.78 is 10.7. The van der Waals surface area contributed by atoms with Crippen LogP contribution in [0.15, 0.2) is 53.2 Å². The lowest BCUT2D eigenvalue weighted by atomic mass is 10.0. The van der Waals surface area contributed by atoms with Gasteiger partial charge in [0.25, 0.3) is 0 Å². The van der Waals surface area contributed by atoms with Crippen LogP contribution in [0.3, 0.4) is 0 Å². The normalized spacial score (nSPS) is 16.5. The zero-order valence-corrected chi connectivity index (χ0v) is 14.9. The van der Waals surface area contributed by atoms with Crippen molar-refractivity contribution in [2.75, 3.05) is 7.11 Å². The maximum atomic E-state index is 12.1. The average Bonchev–Trinajstić information content (AvgIpc) is 3.30. The van der Waals surface area contributed by atoms with Crippen LogP contribution in [0.2, 0.25) is 5.15 Å². The first-order chi connectivity index (χ1) is 12.6. The quantitative estimate of drug-likeness (QED) is 0.708. The number of pyridine rings is 1. The van der Waals surface area contributed by atoms with Gasteiger partial charge in [-0.2, -0.15) is 0 Å². The van der Waals surface area contributed by atoms with Crippen LogP contribution in [0.5, 0.6) is 5.75 Å². The van der Waals surface area contributed by atoms with Crippen molar-refractivity contribution in [2.24, 2.45) is 0 Å². The molecule has 1 aliphatic heterocycles. The fourth-order valence-corrected chi connectivity index (χ4v) is 3.28. The first kappa shape index (κ1) is 16.5. The lowest BCUT2D eigenvalue weighted by Crippen LogP contribution is -2.38. The van der Waals surface area contributed by atoms with Crippen LogP contribution in [0.1, 0.15) is 24.3 Å². The van der Waals surface area contributed by atoms with Crippen molar-refractivity contribution >= 4 is 34.1 Å². The van der Waals surface area contributed by atoms with Crippen LogP contribution < -0.4 is 10.2 Å². The highest BCUT2D eigenvalue weighted by molar-refractivity contribution is 6.30. The van der Waals surface area contributed by atoms with Gasteiger partial charge in [0.05, 0.1) is 24.6 Å². The van der Waals surface area contributed by atoms with Gasteiger partial charge in [0.2, 0.25) is 5.91 Å². The maximum Gasteiger partial charge on any atom is 0.238 e. The highest BCUT2D eigenvalue weighted by Gasteiger charge is 2.31. The van der Waals surface area contributed by atoms with Gasteiger partial charge in [-0.25, -0.2) is 9.99 Å². The van der Waals surface area contributed by atoms with Gasteiger partial charge < -0.3 is 9.15 Å². The SMILES string of the molecule is COc1ccc2nc(Cl)c(C3C=C(c4ccco4)NN3C(C)=O)cc2c1.